The van der Waals surface area contributed by atoms with Crippen LogP contribution in [0.1, 0.15) is 51.4 Å². The summed E-state index contributed by atoms with van der Waals surface area (Å²) in [5, 5.41) is 0.752. The number of carbonyl (C=O) groups is 2. The normalized spacial score (nSPS) is 15.1. The number of hydrogen-bond acceptors (Lipinski definition) is 6. The Labute approximate surface area is 204 Å². The van der Waals surface area contributed by atoms with E-state index in [9.17, 15) is 18.4 Å². The van der Waals surface area contributed by atoms with Crippen LogP contribution in [0.3, 0.4) is 0 Å². The van der Waals surface area contributed by atoms with Crippen molar-refractivity contribution in [3.63, 3.8) is 0 Å². The molecule has 1 saturated carbocycles. The standard InChI is InChI=1S/C27H20F2N4O3/c28-24(29)22-10-8-20(25(32-22)36-14-15-5-6-15)21-9-7-16-12-30-17(11-23(16)31-21)13-33-26(34)18-3-1-2-4-19(18)27(33)35/h1-4,7-12,15,24H,5-6,13-14H2. The predicted octanol–water partition coefficient (Wildman–Crippen LogP) is 5.21. The van der Waals surface area contributed by atoms with E-state index in [1.165, 1.54) is 11.0 Å². The molecule has 4 aromatic rings. The van der Waals surface area contributed by atoms with Gasteiger partial charge in [-0.1, -0.05) is 12.1 Å². The van der Waals surface area contributed by atoms with Crippen molar-refractivity contribution in [1.29, 1.82) is 0 Å². The molecule has 3 aromatic heterocycles. The lowest BCUT2D eigenvalue weighted by Gasteiger charge is -2.14. The van der Waals surface area contributed by atoms with Gasteiger partial charge < -0.3 is 4.74 Å². The number of fused-ring (bicyclic) bond motifs is 2. The van der Waals surface area contributed by atoms with Crippen molar-refractivity contribution in [2.24, 2.45) is 5.92 Å². The van der Waals surface area contributed by atoms with Gasteiger partial charge in [-0.25, -0.2) is 18.7 Å². The van der Waals surface area contributed by atoms with E-state index >= 15 is 0 Å². The Bertz CT molecular complexity index is 1490. The molecule has 6 rings (SSSR count). The Kier molecular flexibility index (Phi) is 5.40. The minimum absolute atomic E-state index is 0.00852. The predicted molar refractivity (Wildman–Crippen MR) is 127 cm³/mol. The summed E-state index contributed by atoms with van der Waals surface area (Å²) < 4.78 is 32.3. The van der Waals surface area contributed by atoms with Gasteiger partial charge in [-0.15, -0.1) is 0 Å². The van der Waals surface area contributed by atoms with Gasteiger partial charge in [0.15, 0.2) is 0 Å². The molecular weight excluding hydrogens is 466 g/mol. The minimum atomic E-state index is -2.71. The molecule has 0 bridgehead atoms. The highest BCUT2D eigenvalue weighted by molar-refractivity contribution is 6.21. The van der Waals surface area contributed by atoms with Crippen molar-refractivity contribution in [2.75, 3.05) is 6.61 Å². The van der Waals surface area contributed by atoms with Crippen molar-refractivity contribution >= 4 is 22.7 Å². The van der Waals surface area contributed by atoms with Crippen LogP contribution in [0.4, 0.5) is 8.78 Å². The second-order valence-corrected chi connectivity index (χ2v) is 8.95. The van der Waals surface area contributed by atoms with Crippen LogP contribution in [0, 0.1) is 5.92 Å². The molecule has 1 fully saturated rings. The first-order chi connectivity index (χ1) is 17.5. The van der Waals surface area contributed by atoms with Crippen molar-refractivity contribution in [3.8, 4) is 17.1 Å². The van der Waals surface area contributed by atoms with Crippen LogP contribution >= 0.6 is 0 Å². The van der Waals surface area contributed by atoms with E-state index in [0.717, 1.165) is 18.2 Å². The summed E-state index contributed by atoms with van der Waals surface area (Å²) in [4.78, 5) is 39.8. The fourth-order valence-corrected chi connectivity index (χ4v) is 4.20. The summed E-state index contributed by atoms with van der Waals surface area (Å²) in [7, 11) is 0. The Morgan fingerprint density at radius 3 is 2.39 bits per heavy atom. The molecule has 4 heterocycles. The first-order valence-corrected chi connectivity index (χ1v) is 11.6. The largest absolute Gasteiger partial charge is 0.477 e. The van der Waals surface area contributed by atoms with E-state index in [0.29, 0.717) is 46.1 Å². The molecule has 9 heteroatoms. The SMILES string of the molecule is O=C1c2ccccc2C(=O)N1Cc1cc2nc(-c3ccc(C(F)F)nc3OCC3CC3)ccc2cn1. The number of pyridine rings is 3. The first kappa shape index (κ1) is 22.2. The van der Waals surface area contributed by atoms with Crippen LogP contribution in [-0.2, 0) is 6.54 Å². The zero-order valence-corrected chi connectivity index (χ0v) is 19.0. The maximum absolute atomic E-state index is 13.3. The number of hydrogen-bond donors (Lipinski definition) is 0. The zero-order chi connectivity index (χ0) is 24.8. The summed E-state index contributed by atoms with van der Waals surface area (Å²) in [6.07, 6.45) is 1.03. The van der Waals surface area contributed by atoms with Crippen molar-refractivity contribution in [2.45, 2.75) is 25.8 Å². The molecule has 0 saturated heterocycles. The summed E-state index contributed by atoms with van der Waals surface area (Å²) >= 11 is 0. The summed E-state index contributed by atoms with van der Waals surface area (Å²) in [6, 6.07) is 14.8. The number of nitrogens with zero attached hydrogens (tertiary/aromatic N) is 4. The molecule has 2 aliphatic rings. The number of rotatable bonds is 7. The maximum atomic E-state index is 13.3. The smallest absolute Gasteiger partial charge is 0.280 e. The molecule has 7 nitrogen and oxygen atoms in total. The van der Waals surface area contributed by atoms with Crippen LogP contribution in [-0.4, -0.2) is 38.3 Å². The molecule has 0 atom stereocenters. The molecule has 0 unspecified atom stereocenters. The van der Waals surface area contributed by atoms with Gasteiger partial charge >= 0.3 is 0 Å². The van der Waals surface area contributed by atoms with E-state index in [1.807, 2.05) is 6.07 Å². The number of imide groups is 1. The highest BCUT2D eigenvalue weighted by Gasteiger charge is 2.35. The fraction of sp³-hybridized carbons (Fsp3) is 0.222. The third-order valence-electron chi connectivity index (χ3n) is 6.36. The number of ether oxygens (including phenoxy) is 1. The van der Waals surface area contributed by atoms with Crippen LogP contribution in [0.25, 0.3) is 22.2 Å². The Morgan fingerprint density at radius 2 is 1.69 bits per heavy atom. The van der Waals surface area contributed by atoms with Crippen LogP contribution in [0.2, 0.25) is 0 Å². The number of alkyl halides is 2. The Hall–Kier alpha value is -4.27. The average molecular weight is 486 g/mol. The van der Waals surface area contributed by atoms with Crippen LogP contribution in [0.15, 0.2) is 60.8 Å². The number of halogens is 2. The third-order valence-corrected chi connectivity index (χ3v) is 6.36. The van der Waals surface area contributed by atoms with Gasteiger partial charge in [0, 0.05) is 11.6 Å². The summed E-state index contributed by atoms with van der Waals surface area (Å²) in [6.45, 7) is 0.434. The van der Waals surface area contributed by atoms with Crippen molar-refractivity contribution in [1.82, 2.24) is 19.9 Å². The average Bonchev–Trinajstić information content (AvgIpc) is 3.70. The van der Waals surface area contributed by atoms with E-state index < -0.39 is 6.43 Å². The maximum Gasteiger partial charge on any atom is 0.280 e. The minimum Gasteiger partial charge on any atom is -0.477 e. The summed E-state index contributed by atoms with van der Waals surface area (Å²) in [5.41, 5.74) is 2.51. The van der Waals surface area contributed by atoms with Crippen molar-refractivity contribution in [3.05, 3.63) is 83.3 Å². The molecule has 180 valence electrons. The fourth-order valence-electron chi connectivity index (χ4n) is 4.20. The van der Waals surface area contributed by atoms with Crippen molar-refractivity contribution < 1.29 is 23.1 Å². The van der Waals surface area contributed by atoms with E-state index in [2.05, 4.69) is 9.97 Å². The molecule has 2 amide bonds. The monoisotopic (exact) mass is 486 g/mol. The Balaban J connectivity index is 1.32. The topological polar surface area (TPSA) is 85.3 Å². The Morgan fingerprint density at radius 1 is 0.944 bits per heavy atom. The van der Waals surface area contributed by atoms with Gasteiger partial charge in [-0.2, -0.15) is 0 Å². The molecule has 0 N–H and O–H groups in total. The molecule has 1 aliphatic carbocycles. The molecule has 0 spiro atoms. The van der Waals surface area contributed by atoms with Gasteiger partial charge in [0.05, 0.1) is 46.7 Å². The van der Waals surface area contributed by atoms with E-state index in [1.54, 1.807) is 48.7 Å². The lowest BCUT2D eigenvalue weighted by atomic mass is 10.1. The number of aromatic nitrogens is 3. The molecule has 1 aliphatic heterocycles. The van der Waals surface area contributed by atoms with E-state index in [4.69, 9.17) is 9.72 Å². The first-order valence-electron chi connectivity index (χ1n) is 11.6. The number of benzene rings is 1. The second kappa shape index (κ2) is 8.75. The van der Waals surface area contributed by atoms with Gasteiger partial charge in [0.2, 0.25) is 5.88 Å². The number of amides is 2. The van der Waals surface area contributed by atoms with Gasteiger partial charge in [-0.3, -0.25) is 19.5 Å². The highest BCUT2D eigenvalue weighted by atomic mass is 19.3. The quantitative estimate of drug-likeness (QED) is 0.333. The zero-order valence-electron chi connectivity index (χ0n) is 19.0. The van der Waals surface area contributed by atoms with Gasteiger partial charge in [0.25, 0.3) is 18.2 Å². The lowest BCUT2D eigenvalue weighted by Crippen LogP contribution is -2.29. The van der Waals surface area contributed by atoms with Crippen LogP contribution < -0.4 is 4.74 Å². The lowest BCUT2D eigenvalue weighted by molar-refractivity contribution is 0.0640. The van der Waals surface area contributed by atoms with E-state index in [-0.39, 0.29) is 29.9 Å². The molecular formula is C27H20F2N4O3. The van der Waals surface area contributed by atoms with Gasteiger partial charge in [0.1, 0.15) is 5.69 Å². The molecule has 1 aromatic carbocycles. The second-order valence-electron chi connectivity index (χ2n) is 8.95. The highest BCUT2D eigenvalue weighted by Crippen LogP contribution is 2.34. The molecule has 36 heavy (non-hydrogen) atoms. The van der Waals surface area contributed by atoms with Crippen LogP contribution in [0.5, 0.6) is 5.88 Å². The van der Waals surface area contributed by atoms with Gasteiger partial charge in [-0.05, 0) is 61.2 Å². The molecule has 0 radical (unpaired) electrons. The number of carbonyl (C=O) groups excluding carboxylic acids is 2. The third kappa shape index (κ3) is 4.06. The summed E-state index contributed by atoms with van der Waals surface area (Å²) in [5.74, 6) is -0.161.